The Bertz CT molecular complexity index is 592. The predicted molar refractivity (Wildman–Crippen MR) is 84.1 cm³/mol. The van der Waals surface area contributed by atoms with Crippen molar-refractivity contribution in [2.45, 2.75) is 47.3 Å². The Labute approximate surface area is 135 Å². The number of aromatic nitrogens is 1. The lowest BCUT2D eigenvalue weighted by Gasteiger charge is -2.14. The second kappa shape index (κ2) is 8.36. The molecule has 1 aromatic heterocycles. The van der Waals surface area contributed by atoms with E-state index in [1.165, 1.54) is 6.92 Å². The van der Waals surface area contributed by atoms with Crippen LogP contribution in [0.2, 0.25) is 0 Å². The summed E-state index contributed by atoms with van der Waals surface area (Å²) in [4.78, 5) is 35.4. The number of rotatable bonds is 7. The number of hydrogen-bond acceptors (Lipinski definition) is 5. The van der Waals surface area contributed by atoms with Gasteiger partial charge in [0.1, 0.15) is 6.54 Å². The van der Waals surface area contributed by atoms with E-state index in [-0.39, 0.29) is 19.1 Å². The van der Waals surface area contributed by atoms with Crippen LogP contribution in [-0.2, 0) is 25.6 Å². The smallest absolute Gasteiger partial charge is 0.339 e. The summed E-state index contributed by atoms with van der Waals surface area (Å²) >= 11 is 0. The van der Waals surface area contributed by atoms with Gasteiger partial charge in [-0.15, -0.1) is 0 Å². The fourth-order valence-corrected chi connectivity index (χ4v) is 2.19. The molecule has 0 aromatic carbocycles. The van der Waals surface area contributed by atoms with Crippen molar-refractivity contribution < 1.29 is 23.9 Å². The van der Waals surface area contributed by atoms with Gasteiger partial charge in [-0.1, -0.05) is 0 Å². The molecule has 1 N–H and O–H groups in total. The minimum absolute atomic E-state index is 0.0686. The van der Waals surface area contributed by atoms with Gasteiger partial charge in [-0.3, -0.25) is 9.59 Å². The van der Waals surface area contributed by atoms with E-state index in [9.17, 15) is 14.4 Å². The van der Waals surface area contributed by atoms with Crippen molar-refractivity contribution in [2.24, 2.45) is 0 Å². The molecule has 7 heteroatoms. The molecule has 0 fully saturated rings. The Morgan fingerprint density at radius 2 is 1.91 bits per heavy atom. The number of likely N-dealkylation sites (N-methyl/N-ethyl adjacent to an activating group) is 1. The van der Waals surface area contributed by atoms with Gasteiger partial charge in [-0.25, -0.2) is 4.79 Å². The van der Waals surface area contributed by atoms with E-state index in [0.29, 0.717) is 17.8 Å². The summed E-state index contributed by atoms with van der Waals surface area (Å²) in [5.74, 6) is -1.30. The predicted octanol–water partition coefficient (Wildman–Crippen LogP) is 1.35. The largest absolute Gasteiger partial charge is 0.462 e. The van der Waals surface area contributed by atoms with Gasteiger partial charge in [-0.2, -0.15) is 0 Å². The van der Waals surface area contributed by atoms with Crippen LogP contribution in [0.15, 0.2) is 6.07 Å². The highest BCUT2D eigenvalue weighted by Crippen LogP contribution is 2.16. The van der Waals surface area contributed by atoms with Gasteiger partial charge < -0.3 is 19.4 Å². The van der Waals surface area contributed by atoms with Crippen molar-refractivity contribution >= 4 is 17.8 Å². The third-order valence-corrected chi connectivity index (χ3v) is 3.38. The summed E-state index contributed by atoms with van der Waals surface area (Å²) in [5.41, 5.74) is 1.80. The Morgan fingerprint density at radius 1 is 1.26 bits per heavy atom. The van der Waals surface area contributed by atoms with Crippen LogP contribution in [0.3, 0.4) is 0 Å². The molecule has 1 rings (SSSR count). The molecule has 0 radical (unpaired) electrons. The first-order valence-electron chi connectivity index (χ1n) is 7.62. The first-order chi connectivity index (χ1) is 10.8. The van der Waals surface area contributed by atoms with Gasteiger partial charge in [0.25, 0.3) is 5.91 Å². The lowest BCUT2D eigenvalue weighted by Crippen LogP contribution is -2.36. The molecule has 0 saturated carbocycles. The fraction of sp³-hybridized carbons (Fsp3) is 0.562. The van der Waals surface area contributed by atoms with E-state index in [4.69, 9.17) is 9.47 Å². The van der Waals surface area contributed by atoms with Crippen LogP contribution in [0.25, 0.3) is 0 Å². The van der Waals surface area contributed by atoms with E-state index in [0.717, 1.165) is 5.69 Å². The molecule has 0 bridgehead atoms. The van der Waals surface area contributed by atoms with Gasteiger partial charge in [0.15, 0.2) is 6.10 Å². The van der Waals surface area contributed by atoms with Gasteiger partial charge in [0.2, 0.25) is 0 Å². The molecule has 0 aliphatic heterocycles. The molecule has 0 spiro atoms. The minimum atomic E-state index is -0.858. The summed E-state index contributed by atoms with van der Waals surface area (Å²) in [7, 11) is 0. The molecule has 7 nitrogen and oxygen atoms in total. The Hall–Kier alpha value is -2.31. The summed E-state index contributed by atoms with van der Waals surface area (Å²) in [5, 5.41) is 2.59. The average Bonchev–Trinajstić information content (AvgIpc) is 2.75. The summed E-state index contributed by atoms with van der Waals surface area (Å²) in [6, 6.07) is 1.67. The summed E-state index contributed by atoms with van der Waals surface area (Å²) < 4.78 is 11.8. The number of carbonyl (C=O) groups excluding carboxylic acids is 3. The third kappa shape index (κ3) is 4.84. The maximum absolute atomic E-state index is 12.0. The van der Waals surface area contributed by atoms with Crippen LogP contribution in [0, 0.1) is 13.8 Å². The highest BCUT2D eigenvalue weighted by Gasteiger charge is 2.21. The van der Waals surface area contributed by atoms with Crippen LogP contribution in [0.4, 0.5) is 0 Å². The van der Waals surface area contributed by atoms with Crippen molar-refractivity contribution in [3.63, 3.8) is 0 Å². The van der Waals surface area contributed by atoms with Crippen LogP contribution in [0.5, 0.6) is 0 Å². The maximum Gasteiger partial charge on any atom is 0.339 e. The lowest BCUT2D eigenvalue weighted by molar-refractivity contribution is -0.155. The Kier molecular flexibility index (Phi) is 6.81. The third-order valence-electron chi connectivity index (χ3n) is 3.38. The first kappa shape index (κ1) is 18.7. The van der Waals surface area contributed by atoms with Crippen LogP contribution >= 0.6 is 0 Å². The molecule has 0 saturated heterocycles. The monoisotopic (exact) mass is 324 g/mol. The number of amides is 1. The van der Waals surface area contributed by atoms with E-state index >= 15 is 0 Å². The summed E-state index contributed by atoms with van der Waals surface area (Å²) in [6.45, 7) is 9.25. The molecule has 1 heterocycles. The number of ether oxygens (including phenoxy) is 2. The highest BCUT2D eigenvalue weighted by atomic mass is 16.5. The molecule has 1 amide bonds. The number of nitrogens with zero attached hydrogens (tertiary/aromatic N) is 1. The number of aryl methyl sites for hydroxylation is 1. The summed E-state index contributed by atoms with van der Waals surface area (Å²) in [6.07, 6.45) is -0.858. The maximum atomic E-state index is 12.0. The van der Waals surface area contributed by atoms with Crippen molar-refractivity contribution in [2.75, 3.05) is 13.2 Å². The molecule has 0 unspecified atom stereocenters. The SMILES string of the molecule is CCNC(=O)[C@H](C)OC(=O)Cn1c(C)cc(C(=O)OCC)c1C. The van der Waals surface area contributed by atoms with Gasteiger partial charge >= 0.3 is 11.9 Å². The second-order valence-corrected chi connectivity index (χ2v) is 5.12. The lowest BCUT2D eigenvalue weighted by atomic mass is 10.2. The van der Waals surface area contributed by atoms with E-state index in [1.807, 2.05) is 0 Å². The average molecular weight is 324 g/mol. The Balaban J connectivity index is 2.79. The van der Waals surface area contributed by atoms with Gasteiger partial charge in [0.05, 0.1) is 12.2 Å². The zero-order valence-electron chi connectivity index (χ0n) is 14.3. The van der Waals surface area contributed by atoms with E-state index < -0.39 is 18.0 Å². The topological polar surface area (TPSA) is 86.6 Å². The zero-order chi connectivity index (χ0) is 17.6. The quantitative estimate of drug-likeness (QED) is 0.765. The molecular formula is C16H24N2O5. The molecule has 128 valence electrons. The van der Waals surface area contributed by atoms with Gasteiger partial charge in [-0.05, 0) is 40.7 Å². The number of nitrogens with one attached hydrogen (secondary N) is 1. The molecule has 23 heavy (non-hydrogen) atoms. The second-order valence-electron chi connectivity index (χ2n) is 5.12. The van der Waals surface area contributed by atoms with Gasteiger partial charge in [0, 0.05) is 17.9 Å². The number of carbonyl (C=O) groups is 3. The molecule has 0 aliphatic rings. The van der Waals surface area contributed by atoms with Crippen LogP contribution in [0.1, 0.15) is 42.5 Å². The van der Waals surface area contributed by atoms with Crippen molar-refractivity contribution in [3.05, 3.63) is 23.0 Å². The highest BCUT2D eigenvalue weighted by molar-refractivity contribution is 5.91. The molecule has 1 atom stereocenters. The standard InChI is InChI=1S/C16H24N2O5/c1-6-17-15(20)12(5)23-14(19)9-18-10(3)8-13(11(18)4)16(21)22-7-2/h8,12H,6-7,9H2,1-5H3,(H,17,20)/t12-/m0/s1. The minimum Gasteiger partial charge on any atom is -0.462 e. The van der Waals surface area contributed by atoms with Crippen LogP contribution in [-0.4, -0.2) is 41.7 Å². The fourth-order valence-electron chi connectivity index (χ4n) is 2.19. The first-order valence-corrected chi connectivity index (χ1v) is 7.62. The molecule has 1 aromatic rings. The van der Waals surface area contributed by atoms with E-state index in [1.54, 1.807) is 38.3 Å². The number of hydrogen-bond donors (Lipinski definition) is 1. The van der Waals surface area contributed by atoms with E-state index in [2.05, 4.69) is 5.32 Å². The molecule has 0 aliphatic carbocycles. The number of esters is 2. The van der Waals surface area contributed by atoms with Crippen molar-refractivity contribution in [1.82, 2.24) is 9.88 Å². The zero-order valence-corrected chi connectivity index (χ0v) is 14.3. The molecular weight excluding hydrogens is 300 g/mol. The van der Waals surface area contributed by atoms with Crippen LogP contribution < -0.4 is 5.32 Å². The normalized spacial score (nSPS) is 11.7. The van der Waals surface area contributed by atoms with Crippen molar-refractivity contribution in [1.29, 1.82) is 0 Å². The Morgan fingerprint density at radius 3 is 2.48 bits per heavy atom. The van der Waals surface area contributed by atoms with Crippen molar-refractivity contribution in [3.8, 4) is 0 Å².